The lowest BCUT2D eigenvalue weighted by Gasteiger charge is -2.34. The number of rotatable bonds is 5. The van der Waals surface area contributed by atoms with Crippen LogP contribution in [0.4, 0.5) is 5.69 Å². The van der Waals surface area contributed by atoms with E-state index in [4.69, 9.17) is 9.47 Å². The van der Waals surface area contributed by atoms with Gasteiger partial charge in [-0.25, -0.2) is 0 Å². The molecular weight excluding hydrogens is 310 g/mol. The van der Waals surface area contributed by atoms with Gasteiger partial charge in [0.15, 0.2) is 11.5 Å². The largest absolute Gasteiger partial charge is 0.493 e. The normalized spacial score (nSPS) is 15.1. The Bertz CT molecular complexity index is 597. The Morgan fingerprint density at radius 2 is 1.71 bits per heavy atom. The Labute approximate surface area is 142 Å². The summed E-state index contributed by atoms with van der Waals surface area (Å²) in [5.74, 6) is 0.862. The number of methoxy groups -OCH3 is 2. The van der Waals surface area contributed by atoms with Gasteiger partial charge in [0.05, 0.1) is 14.2 Å². The molecule has 7 nitrogen and oxygen atoms in total. The fraction of sp³-hybridized carbons (Fsp3) is 0.529. The minimum absolute atomic E-state index is 0.0224. The number of likely N-dealkylation sites (N-methyl/N-ethyl adjacent to an activating group) is 1. The lowest BCUT2D eigenvalue weighted by Crippen LogP contribution is -2.50. The maximum absolute atomic E-state index is 12.5. The zero-order valence-corrected chi connectivity index (χ0v) is 14.7. The van der Waals surface area contributed by atoms with Crippen LogP contribution in [0.15, 0.2) is 18.2 Å². The molecule has 1 heterocycles. The van der Waals surface area contributed by atoms with Crippen LogP contribution < -0.4 is 14.4 Å². The predicted octanol–water partition coefficient (Wildman–Crippen LogP) is 0.831. The summed E-state index contributed by atoms with van der Waals surface area (Å²) in [4.78, 5) is 30.0. The predicted molar refractivity (Wildman–Crippen MR) is 91.7 cm³/mol. The Hall–Kier alpha value is -2.28. The van der Waals surface area contributed by atoms with E-state index in [9.17, 15) is 9.59 Å². The molecule has 0 bridgehead atoms. The van der Waals surface area contributed by atoms with Crippen LogP contribution in [0.25, 0.3) is 0 Å². The SMILES string of the molecule is COc1ccc(N(CC(=O)N2CCN(C)CC2)C(C)=O)cc1OC. The van der Waals surface area contributed by atoms with Gasteiger partial charge in [0, 0.05) is 44.9 Å². The number of hydrogen-bond donors (Lipinski definition) is 0. The molecular formula is C17H25N3O4. The Morgan fingerprint density at radius 3 is 2.25 bits per heavy atom. The minimum Gasteiger partial charge on any atom is -0.493 e. The van der Waals surface area contributed by atoms with Crippen LogP contribution in [0, 0.1) is 0 Å². The number of nitrogens with zero attached hydrogens (tertiary/aromatic N) is 3. The van der Waals surface area contributed by atoms with E-state index in [0.717, 1.165) is 13.1 Å². The highest BCUT2D eigenvalue weighted by atomic mass is 16.5. The lowest BCUT2D eigenvalue weighted by molar-refractivity contribution is -0.132. The van der Waals surface area contributed by atoms with Crippen molar-refractivity contribution in [1.29, 1.82) is 0 Å². The lowest BCUT2D eigenvalue weighted by atomic mass is 10.2. The van der Waals surface area contributed by atoms with E-state index in [-0.39, 0.29) is 18.4 Å². The van der Waals surface area contributed by atoms with Gasteiger partial charge in [-0.05, 0) is 19.2 Å². The monoisotopic (exact) mass is 335 g/mol. The van der Waals surface area contributed by atoms with Crippen LogP contribution >= 0.6 is 0 Å². The minimum atomic E-state index is -0.190. The molecule has 132 valence electrons. The van der Waals surface area contributed by atoms with Gasteiger partial charge in [-0.2, -0.15) is 0 Å². The Morgan fingerprint density at radius 1 is 1.08 bits per heavy atom. The number of ether oxygens (including phenoxy) is 2. The van der Waals surface area contributed by atoms with Gasteiger partial charge < -0.3 is 24.2 Å². The molecule has 7 heteroatoms. The number of carbonyl (C=O) groups excluding carboxylic acids is 2. The summed E-state index contributed by atoms with van der Waals surface area (Å²) in [6.07, 6.45) is 0. The Kier molecular flexibility index (Phi) is 6.03. The molecule has 1 aromatic rings. The summed E-state index contributed by atoms with van der Waals surface area (Å²) >= 11 is 0. The van der Waals surface area contributed by atoms with Crippen LogP contribution in [-0.4, -0.2) is 75.6 Å². The highest BCUT2D eigenvalue weighted by Crippen LogP contribution is 2.31. The molecule has 0 radical (unpaired) electrons. The zero-order valence-electron chi connectivity index (χ0n) is 14.7. The molecule has 0 aromatic heterocycles. The van der Waals surface area contributed by atoms with E-state index >= 15 is 0 Å². The van der Waals surface area contributed by atoms with E-state index in [1.165, 1.54) is 18.9 Å². The molecule has 0 saturated carbocycles. The third-order valence-electron chi connectivity index (χ3n) is 4.21. The molecule has 1 aliphatic rings. The summed E-state index contributed by atoms with van der Waals surface area (Å²) in [5, 5.41) is 0. The summed E-state index contributed by atoms with van der Waals surface area (Å²) in [6.45, 7) is 4.55. The molecule has 0 spiro atoms. The molecule has 0 atom stereocenters. The second-order valence-electron chi connectivity index (χ2n) is 5.83. The van der Waals surface area contributed by atoms with Crippen LogP contribution in [-0.2, 0) is 9.59 Å². The van der Waals surface area contributed by atoms with E-state index in [2.05, 4.69) is 4.90 Å². The molecule has 24 heavy (non-hydrogen) atoms. The second-order valence-corrected chi connectivity index (χ2v) is 5.83. The number of anilines is 1. The molecule has 2 amide bonds. The highest BCUT2D eigenvalue weighted by molar-refractivity contribution is 5.97. The van der Waals surface area contributed by atoms with Crippen LogP contribution in [0.2, 0.25) is 0 Å². The maximum atomic E-state index is 12.5. The van der Waals surface area contributed by atoms with Crippen molar-refractivity contribution in [1.82, 2.24) is 9.80 Å². The van der Waals surface area contributed by atoms with Crippen molar-refractivity contribution >= 4 is 17.5 Å². The molecule has 1 aromatic carbocycles. The third-order valence-corrected chi connectivity index (χ3v) is 4.21. The van der Waals surface area contributed by atoms with Crippen LogP contribution in [0.3, 0.4) is 0 Å². The topological polar surface area (TPSA) is 62.3 Å². The van der Waals surface area contributed by atoms with Gasteiger partial charge in [-0.3, -0.25) is 9.59 Å². The van der Waals surface area contributed by atoms with E-state index in [1.54, 1.807) is 30.2 Å². The third kappa shape index (κ3) is 4.17. The van der Waals surface area contributed by atoms with Crippen molar-refractivity contribution in [2.45, 2.75) is 6.92 Å². The quantitative estimate of drug-likeness (QED) is 0.798. The van der Waals surface area contributed by atoms with Crippen LogP contribution in [0.1, 0.15) is 6.92 Å². The number of hydrogen-bond acceptors (Lipinski definition) is 5. The van der Waals surface area contributed by atoms with Crippen molar-refractivity contribution in [3.05, 3.63) is 18.2 Å². The average Bonchev–Trinajstić information content (AvgIpc) is 2.59. The number of amides is 2. The van der Waals surface area contributed by atoms with Gasteiger partial charge in [-0.1, -0.05) is 0 Å². The van der Waals surface area contributed by atoms with Gasteiger partial charge in [-0.15, -0.1) is 0 Å². The van der Waals surface area contributed by atoms with Gasteiger partial charge >= 0.3 is 0 Å². The van der Waals surface area contributed by atoms with Crippen molar-refractivity contribution in [3.8, 4) is 11.5 Å². The summed E-state index contributed by atoms with van der Waals surface area (Å²) < 4.78 is 10.5. The molecule has 0 aliphatic carbocycles. The molecule has 0 N–H and O–H groups in total. The Balaban J connectivity index is 2.15. The smallest absolute Gasteiger partial charge is 0.242 e. The van der Waals surface area contributed by atoms with Gasteiger partial charge in [0.1, 0.15) is 6.54 Å². The van der Waals surface area contributed by atoms with E-state index in [0.29, 0.717) is 30.3 Å². The van der Waals surface area contributed by atoms with Crippen LogP contribution in [0.5, 0.6) is 11.5 Å². The van der Waals surface area contributed by atoms with Crippen molar-refractivity contribution in [2.75, 3.05) is 58.9 Å². The van der Waals surface area contributed by atoms with Gasteiger partial charge in [0.25, 0.3) is 0 Å². The first-order chi connectivity index (χ1) is 11.5. The van der Waals surface area contributed by atoms with Crippen molar-refractivity contribution < 1.29 is 19.1 Å². The summed E-state index contributed by atoms with van der Waals surface area (Å²) in [5.41, 5.74) is 0.614. The first-order valence-electron chi connectivity index (χ1n) is 7.92. The van der Waals surface area contributed by atoms with Crippen molar-refractivity contribution in [3.63, 3.8) is 0 Å². The molecule has 0 unspecified atom stereocenters. The first-order valence-corrected chi connectivity index (χ1v) is 7.92. The number of piperazine rings is 1. The van der Waals surface area contributed by atoms with Gasteiger partial charge in [0.2, 0.25) is 11.8 Å². The fourth-order valence-corrected chi connectivity index (χ4v) is 2.67. The summed E-state index contributed by atoms with van der Waals surface area (Å²) in [7, 11) is 5.12. The second kappa shape index (κ2) is 8.01. The van der Waals surface area contributed by atoms with E-state index < -0.39 is 0 Å². The fourth-order valence-electron chi connectivity index (χ4n) is 2.67. The average molecular weight is 335 g/mol. The maximum Gasteiger partial charge on any atom is 0.242 e. The first kappa shape index (κ1) is 18.1. The molecule has 1 saturated heterocycles. The zero-order chi connectivity index (χ0) is 17.7. The molecule has 1 aliphatic heterocycles. The summed E-state index contributed by atoms with van der Waals surface area (Å²) in [6, 6.07) is 5.18. The van der Waals surface area contributed by atoms with E-state index in [1.807, 2.05) is 7.05 Å². The standard InChI is InChI=1S/C17H25N3O4/c1-13(21)20(12-17(22)19-9-7-18(2)8-10-19)14-5-6-15(23-3)16(11-14)24-4/h5-6,11H,7-10,12H2,1-4H3. The molecule has 1 fully saturated rings. The van der Waals surface area contributed by atoms with Crippen molar-refractivity contribution in [2.24, 2.45) is 0 Å². The highest BCUT2D eigenvalue weighted by Gasteiger charge is 2.23. The number of benzene rings is 1. The number of carbonyl (C=O) groups is 2. The molecule has 2 rings (SSSR count).